The molecule has 1 aromatic rings. The summed E-state index contributed by atoms with van der Waals surface area (Å²) in [5.74, 6) is 0.919. The van der Waals surface area contributed by atoms with Crippen molar-refractivity contribution in [2.24, 2.45) is 0 Å². The Morgan fingerprint density at radius 2 is 2.29 bits per heavy atom. The summed E-state index contributed by atoms with van der Waals surface area (Å²) in [4.78, 5) is 14.5. The van der Waals surface area contributed by atoms with E-state index < -0.39 is 0 Å². The molecular formula is C15H18BrClN2O2. The highest BCUT2D eigenvalue weighted by atomic mass is 79.9. The van der Waals surface area contributed by atoms with Crippen LogP contribution in [0, 0.1) is 0 Å². The fourth-order valence-electron chi connectivity index (χ4n) is 2.60. The number of fused-ring (bicyclic) bond motifs is 1. The van der Waals surface area contributed by atoms with E-state index in [4.69, 9.17) is 4.74 Å². The number of piperazine rings is 1. The van der Waals surface area contributed by atoms with Crippen molar-refractivity contribution in [3.05, 3.63) is 33.8 Å². The molecule has 1 fully saturated rings. The van der Waals surface area contributed by atoms with Crippen molar-refractivity contribution < 1.29 is 9.53 Å². The quantitative estimate of drug-likeness (QED) is 0.822. The lowest BCUT2D eigenvalue weighted by Crippen LogP contribution is -2.53. The summed E-state index contributed by atoms with van der Waals surface area (Å²) >= 11 is 3.45. The van der Waals surface area contributed by atoms with Gasteiger partial charge in [-0.25, -0.2) is 0 Å². The third-order valence-electron chi connectivity index (χ3n) is 3.72. The van der Waals surface area contributed by atoms with Crippen LogP contribution in [0.2, 0.25) is 0 Å². The zero-order valence-electron chi connectivity index (χ0n) is 11.8. The van der Waals surface area contributed by atoms with Gasteiger partial charge in [0, 0.05) is 35.7 Å². The molecule has 0 bridgehead atoms. The predicted octanol–water partition coefficient (Wildman–Crippen LogP) is 2.47. The van der Waals surface area contributed by atoms with Crippen molar-refractivity contribution >= 4 is 40.3 Å². The van der Waals surface area contributed by atoms with Crippen molar-refractivity contribution in [2.45, 2.75) is 13.0 Å². The number of hydrogen-bond donors (Lipinski definition) is 1. The fourth-order valence-corrected chi connectivity index (χ4v) is 2.98. The second-order valence-corrected chi connectivity index (χ2v) is 6.11. The zero-order chi connectivity index (χ0) is 14.1. The van der Waals surface area contributed by atoms with Gasteiger partial charge in [-0.3, -0.25) is 4.79 Å². The smallest absolute Gasteiger partial charge is 0.253 e. The van der Waals surface area contributed by atoms with Gasteiger partial charge in [0.2, 0.25) is 0 Å². The van der Waals surface area contributed by atoms with E-state index in [0.717, 1.165) is 41.0 Å². The predicted molar refractivity (Wildman–Crippen MR) is 88.9 cm³/mol. The lowest BCUT2D eigenvalue weighted by molar-refractivity contribution is -0.130. The molecule has 0 saturated carbocycles. The molecule has 4 nitrogen and oxygen atoms in total. The van der Waals surface area contributed by atoms with E-state index in [1.165, 1.54) is 0 Å². The standard InChI is InChI=1S/C15H17BrN2O2.ClH/c1-10-8-17-4-5-18(10)15(19)12-6-11-7-13(16)2-3-14(11)20-9-12;/h2-3,6-7,10,17H,4-5,8-9H2,1H3;1H/t10-;/m1./s1. The Hall–Kier alpha value is -1.04. The van der Waals surface area contributed by atoms with E-state index >= 15 is 0 Å². The molecule has 2 aliphatic rings. The summed E-state index contributed by atoms with van der Waals surface area (Å²) < 4.78 is 6.67. The number of nitrogens with zero attached hydrogens (tertiary/aromatic N) is 1. The fraction of sp³-hybridized carbons (Fsp3) is 0.400. The zero-order valence-corrected chi connectivity index (χ0v) is 14.2. The average molecular weight is 374 g/mol. The van der Waals surface area contributed by atoms with E-state index in [1.807, 2.05) is 29.2 Å². The molecule has 0 unspecified atom stereocenters. The highest BCUT2D eigenvalue weighted by Crippen LogP contribution is 2.29. The van der Waals surface area contributed by atoms with Crippen LogP contribution in [-0.2, 0) is 4.79 Å². The number of halogens is 2. The van der Waals surface area contributed by atoms with Crippen LogP contribution in [0.15, 0.2) is 28.2 Å². The van der Waals surface area contributed by atoms with E-state index in [2.05, 4.69) is 28.2 Å². The summed E-state index contributed by atoms with van der Waals surface area (Å²) in [7, 11) is 0. The Balaban J connectivity index is 0.00000161. The van der Waals surface area contributed by atoms with Crippen LogP contribution in [0.5, 0.6) is 5.75 Å². The first-order valence-electron chi connectivity index (χ1n) is 6.80. The van der Waals surface area contributed by atoms with Crippen molar-refractivity contribution in [1.82, 2.24) is 10.2 Å². The maximum atomic E-state index is 12.6. The molecule has 1 amide bonds. The summed E-state index contributed by atoms with van der Waals surface area (Å²) in [5, 5.41) is 3.29. The van der Waals surface area contributed by atoms with Gasteiger partial charge in [0.25, 0.3) is 5.91 Å². The molecule has 0 radical (unpaired) electrons. The molecule has 2 heterocycles. The van der Waals surface area contributed by atoms with Crippen LogP contribution in [0.4, 0.5) is 0 Å². The number of nitrogens with one attached hydrogen (secondary N) is 1. The molecule has 2 aliphatic heterocycles. The molecule has 0 spiro atoms. The monoisotopic (exact) mass is 372 g/mol. The number of ether oxygens (including phenoxy) is 1. The van der Waals surface area contributed by atoms with Crippen LogP contribution in [0.3, 0.4) is 0 Å². The Morgan fingerprint density at radius 3 is 3.05 bits per heavy atom. The van der Waals surface area contributed by atoms with E-state index in [-0.39, 0.29) is 24.4 Å². The molecule has 21 heavy (non-hydrogen) atoms. The lowest BCUT2D eigenvalue weighted by atomic mass is 10.1. The molecule has 0 aliphatic carbocycles. The van der Waals surface area contributed by atoms with Crippen LogP contribution in [0.25, 0.3) is 6.08 Å². The first kappa shape index (κ1) is 16.3. The normalized spacial score (nSPS) is 20.8. The van der Waals surface area contributed by atoms with Gasteiger partial charge >= 0.3 is 0 Å². The van der Waals surface area contributed by atoms with E-state index in [9.17, 15) is 4.79 Å². The van der Waals surface area contributed by atoms with Gasteiger partial charge in [-0.05, 0) is 31.2 Å². The molecule has 1 atom stereocenters. The Kier molecular flexibility index (Phi) is 5.30. The minimum absolute atomic E-state index is 0. The second-order valence-electron chi connectivity index (χ2n) is 5.19. The average Bonchev–Trinajstić information content (AvgIpc) is 2.46. The van der Waals surface area contributed by atoms with E-state index in [0.29, 0.717) is 6.61 Å². The van der Waals surface area contributed by atoms with Crippen LogP contribution in [0.1, 0.15) is 12.5 Å². The van der Waals surface area contributed by atoms with Gasteiger partial charge in [-0.1, -0.05) is 15.9 Å². The highest BCUT2D eigenvalue weighted by Gasteiger charge is 2.27. The number of benzene rings is 1. The number of amides is 1. The summed E-state index contributed by atoms with van der Waals surface area (Å²) in [5.41, 5.74) is 1.68. The summed E-state index contributed by atoms with van der Waals surface area (Å²) in [6.45, 7) is 4.87. The maximum Gasteiger partial charge on any atom is 0.253 e. The molecule has 1 aromatic carbocycles. The number of carbonyl (C=O) groups is 1. The molecule has 114 valence electrons. The second kappa shape index (κ2) is 6.81. The molecule has 6 heteroatoms. The highest BCUT2D eigenvalue weighted by molar-refractivity contribution is 9.10. The van der Waals surface area contributed by atoms with Gasteiger partial charge in [0.15, 0.2) is 0 Å². The first-order valence-corrected chi connectivity index (χ1v) is 7.59. The third kappa shape index (κ3) is 3.42. The SMILES string of the molecule is C[C@@H]1CNCCN1C(=O)C1=Cc2cc(Br)ccc2OC1.Cl. The van der Waals surface area contributed by atoms with Crippen LogP contribution < -0.4 is 10.1 Å². The van der Waals surface area contributed by atoms with Gasteiger partial charge in [0.1, 0.15) is 12.4 Å². The number of carbonyl (C=O) groups excluding carboxylic acids is 1. The van der Waals surface area contributed by atoms with Gasteiger partial charge in [0.05, 0.1) is 5.57 Å². The molecule has 0 aromatic heterocycles. The molecule has 3 rings (SSSR count). The molecule has 1 N–H and O–H groups in total. The van der Waals surface area contributed by atoms with Crippen molar-refractivity contribution in [2.75, 3.05) is 26.2 Å². The van der Waals surface area contributed by atoms with Gasteiger partial charge in [-0.2, -0.15) is 0 Å². The largest absolute Gasteiger partial charge is 0.488 e. The minimum Gasteiger partial charge on any atom is -0.488 e. The first-order chi connectivity index (χ1) is 9.65. The van der Waals surface area contributed by atoms with Crippen LogP contribution in [-0.4, -0.2) is 43.1 Å². The van der Waals surface area contributed by atoms with Gasteiger partial charge < -0.3 is 15.0 Å². The van der Waals surface area contributed by atoms with Gasteiger partial charge in [-0.15, -0.1) is 12.4 Å². The molecular weight excluding hydrogens is 356 g/mol. The summed E-state index contributed by atoms with van der Waals surface area (Å²) in [6.07, 6.45) is 1.95. The van der Waals surface area contributed by atoms with Crippen molar-refractivity contribution in [1.29, 1.82) is 0 Å². The van der Waals surface area contributed by atoms with E-state index in [1.54, 1.807) is 0 Å². The van der Waals surface area contributed by atoms with Crippen molar-refractivity contribution in [3.8, 4) is 5.75 Å². The lowest BCUT2D eigenvalue weighted by Gasteiger charge is -2.35. The minimum atomic E-state index is 0. The third-order valence-corrected chi connectivity index (χ3v) is 4.21. The van der Waals surface area contributed by atoms with Crippen molar-refractivity contribution in [3.63, 3.8) is 0 Å². The Labute approximate surface area is 139 Å². The number of rotatable bonds is 1. The Morgan fingerprint density at radius 1 is 1.48 bits per heavy atom. The maximum absolute atomic E-state index is 12.6. The molecule has 1 saturated heterocycles. The topological polar surface area (TPSA) is 41.6 Å². The van der Waals surface area contributed by atoms with Crippen LogP contribution >= 0.6 is 28.3 Å². The Bertz CT molecular complexity index is 577. The summed E-state index contributed by atoms with van der Waals surface area (Å²) in [6, 6.07) is 6.06. The number of hydrogen-bond acceptors (Lipinski definition) is 3.